The highest BCUT2D eigenvalue weighted by Crippen LogP contribution is 2.30. The molecular formula is C13H12N2O7S. The van der Waals surface area contributed by atoms with Gasteiger partial charge in [-0.1, -0.05) is 24.3 Å². The summed E-state index contributed by atoms with van der Waals surface area (Å²) in [6.07, 6.45) is 1.18. The number of isocyanates is 1. The van der Waals surface area contributed by atoms with Crippen LogP contribution in [0.15, 0.2) is 33.6 Å². The molecule has 1 aromatic carbocycles. The second-order valence-corrected chi connectivity index (χ2v) is 5.46. The number of rotatable bonds is 6. The first-order valence-corrected chi connectivity index (χ1v) is 7.10. The fourth-order valence-corrected chi connectivity index (χ4v) is 2.29. The monoisotopic (exact) mass is 340 g/mol. The van der Waals surface area contributed by atoms with Gasteiger partial charge in [0.2, 0.25) is 6.08 Å². The Labute approximate surface area is 132 Å². The van der Waals surface area contributed by atoms with Gasteiger partial charge >= 0.3 is 22.4 Å². The molecule has 0 bridgehead atoms. The molecule has 0 heterocycles. The van der Waals surface area contributed by atoms with E-state index in [9.17, 15) is 33.0 Å². The van der Waals surface area contributed by atoms with Gasteiger partial charge in [-0.2, -0.15) is 13.4 Å². The van der Waals surface area contributed by atoms with Gasteiger partial charge in [0.25, 0.3) is 0 Å². The van der Waals surface area contributed by atoms with Crippen LogP contribution in [0.1, 0.15) is 25.0 Å². The molecule has 0 aliphatic rings. The lowest BCUT2D eigenvalue weighted by molar-refractivity contribution is -0.143. The molecular weight excluding hydrogens is 328 g/mol. The van der Waals surface area contributed by atoms with Crippen LogP contribution >= 0.6 is 0 Å². The SMILES string of the molecule is C[C@@](N=C=O)(C(=O)O)c1ccc([C@](C)(N=S(=O)=O)C(=O)O)cc1. The maximum absolute atomic E-state index is 11.3. The summed E-state index contributed by atoms with van der Waals surface area (Å²) < 4.78 is 24.6. The van der Waals surface area contributed by atoms with Crippen LogP contribution < -0.4 is 0 Å². The van der Waals surface area contributed by atoms with Crippen molar-refractivity contribution in [2.24, 2.45) is 9.36 Å². The number of hydrogen-bond donors (Lipinski definition) is 2. The molecule has 10 heteroatoms. The lowest BCUT2D eigenvalue weighted by Crippen LogP contribution is -2.32. The van der Waals surface area contributed by atoms with Gasteiger partial charge < -0.3 is 10.2 Å². The van der Waals surface area contributed by atoms with Crippen molar-refractivity contribution >= 4 is 28.5 Å². The van der Waals surface area contributed by atoms with Crippen LogP contribution in [0.3, 0.4) is 0 Å². The number of carboxylic acids is 2. The average Bonchev–Trinajstić information content (AvgIpc) is 2.46. The number of carbonyl (C=O) groups is 2. The zero-order chi connectivity index (χ0) is 17.8. The van der Waals surface area contributed by atoms with Crippen molar-refractivity contribution in [3.05, 3.63) is 35.4 Å². The fraction of sp³-hybridized carbons (Fsp3) is 0.308. The first kappa shape index (κ1) is 18.2. The third-order valence-corrected chi connectivity index (χ3v) is 3.88. The summed E-state index contributed by atoms with van der Waals surface area (Å²) in [5.41, 5.74) is -3.84. The van der Waals surface area contributed by atoms with Crippen molar-refractivity contribution in [2.45, 2.75) is 24.9 Å². The Kier molecular flexibility index (Phi) is 5.15. The normalized spacial score (nSPS) is 15.4. The Morgan fingerprint density at radius 3 is 1.70 bits per heavy atom. The number of carbonyl (C=O) groups excluding carboxylic acids is 1. The number of carboxylic acid groups (broad SMARTS) is 2. The molecule has 122 valence electrons. The fourth-order valence-electron chi connectivity index (χ4n) is 1.81. The molecule has 23 heavy (non-hydrogen) atoms. The predicted molar refractivity (Wildman–Crippen MR) is 75.9 cm³/mol. The zero-order valence-electron chi connectivity index (χ0n) is 12.0. The van der Waals surface area contributed by atoms with Crippen LogP contribution in [-0.2, 0) is 36.0 Å². The molecule has 0 aliphatic carbocycles. The van der Waals surface area contributed by atoms with Crippen LogP contribution in [-0.4, -0.2) is 36.6 Å². The van der Waals surface area contributed by atoms with Crippen molar-refractivity contribution < 1.29 is 33.0 Å². The van der Waals surface area contributed by atoms with Crippen molar-refractivity contribution in [1.29, 1.82) is 0 Å². The molecule has 0 radical (unpaired) electrons. The van der Waals surface area contributed by atoms with Gasteiger partial charge in [-0.05, 0) is 25.0 Å². The van der Waals surface area contributed by atoms with Crippen LogP contribution in [0, 0.1) is 0 Å². The molecule has 0 fully saturated rings. The minimum Gasteiger partial charge on any atom is -0.479 e. The van der Waals surface area contributed by atoms with Crippen molar-refractivity contribution in [1.82, 2.24) is 0 Å². The van der Waals surface area contributed by atoms with E-state index in [1.807, 2.05) is 0 Å². The van der Waals surface area contributed by atoms with Crippen molar-refractivity contribution in [2.75, 3.05) is 0 Å². The first-order chi connectivity index (χ1) is 10.6. The number of benzene rings is 1. The largest absolute Gasteiger partial charge is 0.479 e. The van der Waals surface area contributed by atoms with Crippen LogP contribution in [0.4, 0.5) is 0 Å². The Morgan fingerprint density at radius 2 is 1.39 bits per heavy atom. The molecule has 0 unspecified atom stereocenters. The van der Waals surface area contributed by atoms with Gasteiger partial charge in [0.05, 0.1) is 0 Å². The number of aliphatic imine (C=N–C) groups is 1. The second-order valence-electron chi connectivity index (χ2n) is 4.84. The zero-order valence-corrected chi connectivity index (χ0v) is 12.9. The molecule has 0 spiro atoms. The van der Waals surface area contributed by atoms with Gasteiger partial charge in [-0.25, -0.2) is 14.4 Å². The van der Waals surface area contributed by atoms with Gasteiger partial charge in [0.15, 0.2) is 11.1 Å². The lowest BCUT2D eigenvalue weighted by atomic mass is 9.88. The van der Waals surface area contributed by atoms with E-state index in [4.69, 9.17) is 0 Å². The van der Waals surface area contributed by atoms with Gasteiger partial charge in [0, 0.05) is 0 Å². The summed E-state index contributed by atoms with van der Waals surface area (Å²) in [7, 11) is -2.96. The van der Waals surface area contributed by atoms with E-state index in [0.29, 0.717) is 0 Å². The van der Waals surface area contributed by atoms with E-state index in [-0.39, 0.29) is 11.1 Å². The summed E-state index contributed by atoms with van der Waals surface area (Å²) in [6, 6.07) is 4.88. The van der Waals surface area contributed by atoms with E-state index in [1.54, 1.807) is 0 Å². The molecule has 2 atom stereocenters. The Balaban J connectivity index is 3.49. The molecule has 0 aliphatic heterocycles. The smallest absolute Gasteiger partial charge is 0.337 e. The number of hydrogen-bond acceptors (Lipinski definition) is 7. The molecule has 2 N–H and O–H groups in total. The van der Waals surface area contributed by atoms with E-state index in [0.717, 1.165) is 6.92 Å². The lowest BCUT2D eigenvalue weighted by Gasteiger charge is -2.21. The summed E-state index contributed by atoms with van der Waals surface area (Å²) in [4.78, 5) is 36.3. The van der Waals surface area contributed by atoms with E-state index >= 15 is 0 Å². The van der Waals surface area contributed by atoms with Crippen LogP contribution in [0.2, 0.25) is 0 Å². The van der Waals surface area contributed by atoms with Gasteiger partial charge in [0.1, 0.15) is 0 Å². The maximum Gasteiger partial charge on any atom is 0.337 e. The highest BCUT2D eigenvalue weighted by atomic mass is 32.2. The highest BCUT2D eigenvalue weighted by Gasteiger charge is 2.38. The maximum atomic E-state index is 11.3. The molecule has 0 amide bonds. The van der Waals surface area contributed by atoms with Crippen LogP contribution in [0.5, 0.6) is 0 Å². The quantitative estimate of drug-likeness (QED) is 0.571. The Hall–Kier alpha value is -2.84. The second kappa shape index (κ2) is 6.51. The van der Waals surface area contributed by atoms with Crippen molar-refractivity contribution in [3.63, 3.8) is 0 Å². The first-order valence-electron chi connectivity index (χ1n) is 6.07. The Morgan fingerprint density at radius 1 is 1.00 bits per heavy atom. The third kappa shape index (κ3) is 3.50. The van der Waals surface area contributed by atoms with Gasteiger partial charge in [-0.3, -0.25) is 0 Å². The molecule has 0 saturated heterocycles. The summed E-state index contributed by atoms with van der Waals surface area (Å²) in [5.74, 6) is -2.90. The number of nitrogens with zero attached hydrogens (tertiary/aromatic N) is 2. The molecule has 9 nitrogen and oxygen atoms in total. The molecule has 0 saturated carbocycles. The molecule has 0 aromatic heterocycles. The topological polar surface area (TPSA) is 151 Å². The summed E-state index contributed by atoms with van der Waals surface area (Å²) >= 11 is 0. The summed E-state index contributed by atoms with van der Waals surface area (Å²) in [5, 5.41) is 18.4. The minimum atomic E-state index is -2.96. The summed E-state index contributed by atoms with van der Waals surface area (Å²) in [6.45, 7) is 2.25. The molecule has 1 rings (SSSR count). The number of aliphatic carboxylic acids is 2. The van der Waals surface area contributed by atoms with E-state index in [2.05, 4.69) is 9.36 Å². The van der Waals surface area contributed by atoms with E-state index in [1.165, 1.54) is 37.3 Å². The minimum absolute atomic E-state index is 0.0146. The standard InChI is InChI=1S/C13H12N2O7S/c1-12(10(17)18,14-7-16)8-3-5-9(6-4-8)13(2,11(19)20)15-23(21)22/h3-6H,1-2H3,(H,17,18)(H,19,20)/t12-,13-/m0/s1. The van der Waals surface area contributed by atoms with Gasteiger partial charge in [-0.15, -0.1) is 4.36 Å². The predicted octanol–water partition coefficient (Wildman–Crippen LogP) is 0.685. The third-order valence-electron chi connectivity index (χ3n) is 3.37. The molecule has 1 aromatic rings. The average molecular weight is 340 g/mol. The van der Waals surface area contributed by atoms with E-state index < -0.39 is 33.5 Å². The van der Waals surface area contributed by atoms with Crippen molar-refractivity contribution in [3.8, 4) is 0 Å². The van der Waals surface area contributed by atoms with Crippen LogP contribution in [0.25, 0.3) is 0 Å². The highest BCUT2D eigenvalue weighted by molar-refractivity contribution is 7.61. The Bertz CT molecular complexity index is 812.